The van der Waals surface area contributed by atoms with Gasteiger partial charge >= 0.3 is 0 Å². The lowest BCUT2D eigenvalue weighted by Gasteiger charge is -2.15. The minimum Gasteiger partial charge on any atom is -0.495 e. The fourth-order valence-corrected chi connectivity index (χ4v) is 4.49. The Bertz CT molecular complexity index is 1150. The fraction of sp³-hybridized carbons (Fsp3) is 0.238. The van der Waals surface area contributed by atoms with Gasteiger partial charge < -0.3 is 10.1 Å². The summed E-state index contributed by atoms with van der Waals surface area (Å²) < 4.78 is 31.1. The second-order valence-corrected chi connectivity index (χ2v) is 9.89. The van der Waals surface area contributed by atoms with Gasteiger partial charge in [0, 0.05) is 25.0 Å². The first-order chi connectivity index (χ1) is 14.2. The van der Waals surface area contributed by atoms with Crippen LogP contribution in [0.15, 0.2) is 52.7 Å². The van der Waals surface area contributed by atoms with Crippen molar-refractivity contribution >= 4 is 33.0 Å². The van der Waals surface area contributed by atoms with E-state index in [9.17, 15) is 13.2 Å². The molecule has 1 heterocycles. The minimum absolute atomic E-state index is 0.0656. The number of carbonyl (C=O) groups is 1. The van der Waals surface area contributed by atoms with E-state index in [-0.39, 0.29) is 17.2 Å². The quantitative estimate of drug-likeness (QED) is 0.601. The van der Waals surface area contributed by atoms with Crippen molar-refractivity contribution in [1.82, 2.24) is 9.29 Å². The van der Waals surface area contributed by atoms with Crippen LogP contribution in [0.25, 0.3) is 10.6 Å². The Morgan fingerprint density at radius 1 is 1.17 bits per heavy atom. The molecule has 0 aliphatic rings. The van der Waals surface area contributed by atoms with E-state index < -0.39 is 10.0 Å². The molecule has 0 saturated carbocycles. The molecule has 9 heteroatoms. The molecule has 0 aliphatic heterocycles. The van der Waals surface area contributed by atoms with Gasteiger partial charge in [-0.15, -0.1) is 11.3 Å². The molecule has 7 nitrogen and oxygen atoms in total. The van der Waals surface area contributed by atoms with Crippen molar-refractivity contribution in [2.45, 2.75) is 18.2 Å². The zero-order valence-electron chi connectivity index (χ0n) is 17.2. The summed E-state index contributed by atoms with van der Waals surface area (Å²) in [5.74, 6) is 0.0631. The molecule has 0 fully saturated rings. The number of thiazole rings is 1. The van der Waals surface area contributed by atoms with Gasteiger partial charge in [0.25, 0.3) is 0 Å². The van der Waals surface area contributed by atoms with Gasteiger partial charge in [0.05, 0.1) is 29.8 Å². The molecule has 0 aliphatic carbocycles. The van der Waals surface area contributed by atoms with Gasteiger partial charge in [0.15, 0.2) is 0 Å². The highest BCUT2D eigenvalue weighted by molar-refractivity contribution is 7.89. The van der Waals surface area contributed by atoms with Crippen molar-refractivity contribution in [3.05, 3.63) is 59.1 Å². The number of hydrogen-bond donors (Lipinski definition) is 1. The van der Waals surface area contributed by atoms with Crippen molar-refractivity contribution in [2.75, 3.05) is 26.5 Å². The molecule has 2 aromatic carbocycles. The smallest absolute Gasteiger partial charge is 0.242 e. The third kappa shape index (κ3) is 4.86. The molecule has 30 heavy (non-hydrogen) atoms. The van der Waals surface area contributed by atoms with Crippen molar-refractivity contribution in [2.24, 2.45) is 0 Å². The number of benzene rings is 2. The molecule has 3 aromatic rings. The molecule has 1 N–H and O–H groups in total. The molecule has 0 saturated heterocycles. The van der Waals surface area contributed by atoms with Crippen LogP contribution < -0.4 is 10.1 Å². The van der Waals surface area contributed by atoms with E-state index in [4.69, 9.17) is 4.74 Å². The zero-order valence-corrected chi connectivity index (χ0v) is 18.8. The molecule has 0 spiro atoms. The van der Waals surface area contributed by atoms with Gasteiger partial charge in [-0.2, -0.15) is 0 Å². The van der Waals surface area contributed by atoms with Crippen LogP contribution in [0.4, 0.5) is 5.69 Å². The number of methoxy groups -OCH3 is 1. The van der Waals surface area contributed by atoms with Gasteiger partial charge in [0.1, 0.15) is 10.8 Å². The summed E-state index contributed by atoms with van der Waals surface area (Å²) in [5, 5.41) is 5.42. The Morgan fingerprint density at radius 2 is 1.87 bits per heavy atom. The third-order valence-electron chi connectivity index (χ3n) is 4.42. The molecule has 1 amide bonds. The normalized spacial score (nSPS) is 11.5. The van der Waals surface area contributed by atoms with Gasteiger partial charge in [-0.3, -0.25) is 4.79 Å². The average Bonchev–Trinajstić information content (AvgIpc) is 3.16. The number of aromatic nitrogens is 1. The Hall–Kier alpha value is -2.75. The van der Waals surface area contributed by atoms with Gasteiger partial charge in [0.2, 0.25) is 15.9 Å². The zero-order chi connectivity index (χ0) is 21.9. The predicted octanol–water partition coefficient (Wildman–Crippen LogP) is 3.56. The molecular formula is C21H23N3O4S2. The van der Waals surface area contributed by atoms with Crippen molar-refractivity contribution < 1.29 is 17.9 Å². The molecule has 0 atom stereocenters. The van der Waals surface area contributed by atoms with Crippen LogP contribution >= 0.6 is 11.3 Å². The summed E-state index contributed by atoms with van der Waals surface area (Å²) >= 11 is 1.47. The summed E-state index contributed by atoms with van der Waals surface area (Å²) in [6.07, 6.45) is 0.0656. The Morgan fingerprint density at radius 3 is 2.50 bits per heavy atom. The lowest BCUT2D eigenvalue weighted by molar-refractivity contribution is -0.115. The standard InChI is InChI=1S/C21H23N3O4S2/c1-14-5-7-15(8-6-14)21-22-16(13-29-21)11-20(25)23-18-12-17(9-10-19(18)28-4)30(26,27)24(2)3/h5-10,12-13H,11H2,1-4H3,(H,23,25). The van der Waals surface area contributed by atoms with Crippen LogP contribution in [0, 0.1) is 6.92 Å². The summed E-state index contributed by atoms with van der Waals surface area (Å²) in [6, 6.07) is 12.4. The number of sulfonamides is 1. The van der Waals surface area contributed by atoms with Crippen LogP contribution in [0.1, 0.15) is 11.3 Å². The van der Waals surface area contributed by atoms with Crippen LogP contribution in [0.3, 0.4) is 0 Å². The van der Waals surface area contributed by atoms with E-state index in [1.165, 1.54) is 56.3 Å². The lowest BCUT2D eigenvalue weighted by Crippen LogP contribution is -2.22. The van der Waals surface area contributed by atoms with Gasteiger partial charge in [-0.25, -0.2) is 17.7 Å². The second kappa shape index (κ2) is 8.95. The number of anilines is 1. The van der Waals surface area contributed by atoms with E-state index in [0.29, 0.717) is 17.1 Å². The summed E-state index contributed by atoms with van der Waals surface area (Å²) in [7, 11) is 0.724. The topological polar surface area (TPSA) is 88.6 Å². The molecule has 1 aromatic heterocycles. The predicted molar refractivity (Wildman–Crippen MR) is 118 cm³/mol. The Kier molecular flexibility index (Phi) is 6.55. The maximum absolute atomic E-state index is 12.6. The largest absolute Gasteiger partial charge is 0.495 e. The first kappa shape index (κ1) is 21.9. The van der Waals surface area contributed by atoms with Crippen LogP contribution in [0.5, 0.6) is 5.75 Å². The minimum atomic E-state index is -3.63. The van der Waals surface area contributed by atoms with E-state index in [0.717, 1.165) is 14.9 Å². The molecule has 0 unspecified atom stereocenters. The van der Waals surface area contributed by atoms with E-state index in [2.05, 4.69) is 10.3 Å². The first-order valence-corrected chi connectivity index (χ1v) is 11.4. The number of nitrogens with one attached hydrogen (secondary N) is 1. The van der Waals surface area contributed by atoms with Crippen LogP contribution in [-0.2, 0) is 21.2 Å². The van der Waals surface area contributed by atoms with Crippen LogP contribution in [-0.4, -0.2) is 44.8 Å². The highest BCUT2D eigenvalue weighted by Crippen LogP contribution is 2.29. The van der Waals surface area contributed by atoms with Crippen molar-refractivity contribution in [3.63, 3.8) is 0 Å². The summed E-state index contributed by atoms with van der Waals surface area (Å²) in [4.78, 5) is 17.2. The summed E-state index contributed by atoms with van der Waals surface area (Å²) in [6.45, 7) is 2.02. The number of amides is 1. The van der Waals surface area contributed by atoms with Gasteiger partial charge in [-0.1, -0.05) is 29.8 Å². The molecule has 158 valence electrons. The maximum atomic E-state index is 12.6. The number of nitrogens with zero attached hydrogens (tertiary/aromatic N) is 2. The molecule has 3 rings (SSSR count). The number of aryl methyl sites for hydroxylation is 1. The van der Waals surface area contributed by atoms with Crippen LogP contribution in [0.2, 0.25) is 0 Å². The van der Waals surface area contributed by atoms with E-state index in [1.807, 2.05) is 36.6 Å². The van der Waals surface area contributed by atoms with Crippen molar-refractivity contribution in [1.29, 1.82) is 0 Å². The SMILES string of the molecule is COc1ccc(S(=O)(=O)N(C)C)cc1NC(=O)Cc1csc(-c2ccc(C)cc2)n1. The maximum Gasteiger partial charge on any atom is 0.242 e. The highest BCUT2D eigenvalue weighted by atomic mass is 32.2. The monoisotopic (exact) mass is 445 g/mol. The average molecular weight is 446 g/mol. The molecular weight excluding hydrogens is 422 g/mol. The van der Waals surface area contributed by atoms with Crippen molar-refractivity contribution in [3.8, 4) is 16.3 Å². The molecule has 0 bridgehead atoms. The second-order valence-electron chi connectivity index (χ2n) is 6.88. The first-order valence-electron chi connectivity index (χ1n) is 9.12. The highest BCUT2D eigenvalue weighted by Gasteiger charge is 2.20. The number of hydrogen-bond acceptors (Lipinski definition) is 6. The number of rotatable bonds is 7. The fourth-order valence-electron chi connectivity index (χ4n) is 2.73. The third-order valence-corrected chi connectivity index (χ3v) is 7.17. The Balaban J connectivity index is 1.77. The number of ether oxygens (including phenoxy) is 1. The number of carbonyl (C=O) groups excluding carboxylic acids is 1. The molecule has 0 radical (unpaired) electrons. The van der Waals surface area contributed by atoms with E-state index >= 15 is 0 Å². The van der Waals surface area contributed by atoms with E-state index in [1.54, 1.807) is 0 Å². The lowest BCUT2D eigenvalue weighted by atomic mass is 10.2. The Labute approximate surface area is 180 Å². The summed E-state index contributed by atoms with van der Waals surface area (Å²) in [5.41, 5.74) is 3.10. The van der Waals surface area contributed by atoms with Gasteiger partial charge in [-0.05, 0) is 25.1 Å².